The molecule has 0 atom stereocenters. The predicted octanol–water partition coefficient (Wildman–Crippen LogP) is 1.58. The molecule has 0 saturated heterocycles. The molecule has 1 aromatic carbocycles. The predicted molar refractivity (Wildman–Crippen MR) is 78.0 cm³/mol. The SMILES string of the molecule is Cc1[nH]cnc1CNc1cccc(S(=O)(=O)N(C)C)c1. The fourth-order valence-corrected chi connectivity index (χ4v) is 2.68. The largest absolute Gasteiger partial charge is 0.379 e. The molecule has 6 nitrogen and oxygen atoms in total. The van der Waals surface area contributed by atoms with Gasteiger partial charge >= 0.3 is 0 Å². The first-order valence-electron chi connectivity index (χ1n) is 6.16. The first kappa shape index (κ1) is 14.5. The van der Waals surface area contributed by atoms with Crippen LogP contribution in [0.1, 0.15) is 11.4 Å². The second-order valence-electron chi connectivity index (χ2n) is 4.64. The van der Waals surface area contributed by atoms with Crippen molar-refractivity contribution < 1.29 is 8.42 Å². The van der Waals surface area contributed by atoms with E-state index in [1.807, 2.05) is 13.0 Å². The monoisotopic (exact) mass is 294 g/mol. The van der Waals surface area contributed by atoms with E-state index in [9.17, 15) is 8.42 Å². The van der Waals surface area contributed by atoms with Crippen molar-refractivity contribution in [2.24, 2.45) is 0 Å². The third-order valence-electron chi connectivity index (χ3n) is 3.01. The van der Waals surface area contributed by atoms with Crippen LogP contribution in [0.5, 0.6) is 0 Å². The minimum atomic E-state index is -3.41. The summed E-state index contributed by atoms with van der Waals surface area (Å²) in [6.45, 7) is 2.48. The van der Waals surface area contributed by atoms with Gasteiger partial charge in [0, 0.05) is 25.5 Å². The van der Waals surface area contributed by atoms with Gasteiger partial charge in [0.25, 0.3) is 0 Å². The molecular formula is C13H18N4O2S. The van der Waals surface area contributed by atoms with E-state index >= 15 is 0 Å². The number of nitrogens with zero attached hydrogens (tertiary/aromatic N) is 2. The van der Waals surface area contributed by atoms with Crippen molar-refractivity contribution in [1.82, 2.24) is 14.3 Å². The Hall–Kier alpha value is -1.86. The van der Waals surface area contributed by atoms with Crippen molar-refractivity contribution in [3.63, 3.8) is 0 Å². The van der Waals surface area contributed by atoms with Gasteiger partial charge in [-0.25, -0.2) is 17.7 Å². The Morgan fingerprint density at radius 3 is 2.70 bits per heavy atom. The molecule has 108 valence electrons. The number of anilines is 1. The Morgan fingerprint density at radius 1 is 1.35 bits per heavy atom. The summed E-state index contributed by atoms with van der Waals surface area (Å²) in [6, 6.07) is 6.75. The van der Waals surface area contributed by atoms with Crippen molar-refractivity contribution in [2.45, 2.75) is 18.4 Å². The highest BCUT2D eigenvalue weighted by Gasteiger charge is 2.17. The number of H-pyrrole nitrogens is 1. The smallest absolute Gasteiger partial charge is 0.242 e. The Labute approximate surface area is 118 Å². The lowest BCUT2D eigenvalue weighted by molar-refractivity contribution is 0.521. The molecule has 2 aromatic rings. The molecule has 0 unspecified atom stereocenters. The fourth-order valence-electron chi connectivity index (χ4n) is 1.73. The minimum Gasteiger partial charge on any atom is -0.379 e. The van der Waals surface area contributed by atoms with Crippen LogP contribution in [0.2, 0.25) is 0 Å². The molecule has 0 spiro atoms. The van der Waals surface area contributed by atoms with E-state index in [2.05, 4.69) is 15.3 Å². The van der Waals surface area contributed by atoms with Crippen molar-refractivity contribution in [3.8, 4) is 0 Å². The molecule has 0 aliphatic carbocycles. The van der Waals surface area contributed by atoms with Crippen molar-refractivity contribution >= 4 is 15.7 Å². The zero-order valence-corrected chi connectivity index (χ0v) is 12.5. The molecule has 2 N–H and O–H groups in total. The van der Waals surface area contributed by atoms with Crippen LogP contribution < -0.4 is 5.32 Å². The van der Waals surface area contributed by atoms with Crippen molar-refractivity contribution in [3.05, 3.63) is 42.0 Å². The van der Waals surface area contributed by atoms with Crippen LogP contribution in [0, 0.1) is 6.92 Å². The van der Waals surface area contributed by atoms with E-state index in [0.29, 0.717) is 6.54 Å². The third kappa shape index (κ3) is 3.00. The molecule has 2 rings (SSSR count). The van der Waals surface area contributed by atoms with Crippen LogP contribution in [0.25, 0.3) is 0 Å². The zero-order valence-electron chi connectivity index (χ0n) is 11.7. The van der Waals surface area contributed by atoms with Crippen molar-refractivity contribution in [1.29, 1.82) is 0 Å². The van der Waals surface area contributed by atoms with Crippen LogP contribution >= 0.6 is 0 Å². The molecule has 0 aliphatic heterocycles. The Morgan fingerprint density at radius 2 is 2.10 bits per heavy atom. The number of nitrogens with one attached hydrogen (secondary N) is 2. The molecule has 0 saturated carbocycles. The summed E-state index contributed by atoms with van der Waals surface area (Å²) in [5.41, 5.74) is 2.65. The normalized spacial score (nSPS) is 11.8. The van der Waals surface area contributed by atoms with E-state index in [0.717, 1.165) is 17.1 Å². The van der Waals surface area contributed by atoms with Gasteiger partial charge in [0.1, 0.15) is 0 Å². The molecule has 7 heteroatoms. The lowest BCUT2D eigenvalue weighted by atomic mass is 10.3. The number of aromatic nitrogens is 2. The first-order chi connectivity index (χ1) is 9.41. The number of aryl methyl sites for hydroxylation is 1. The molecule has 0 radical (unpaired) electrons. The van der Waals surface area contributed by atoms with Crippen LogP contribution in [0.4, 0.5) is 5.69 Å². The first-order valence-corrected chi connectivity index (χ1v) is 7.60. The number of hydrogen-bond acceptors (Lipinski definition) is 4. The number of rotatable bonds is 5. The summed E-state index contributed by atoms with van der Waals surface area (Å²) in [5, 5.41) is 3.17. The highest BCUT2D eigenvalue weighted by molar-refractivity contribution is 7.89. The van der Waals surface area contributed by atoms with Gasteiger partial charge in [-0.1, -0.05) is 6.07 Å². The summed E-state index contributed by atoms with van der Waals surface area (Å²) >= 11 is 0. The maximum Gasteiger partial charge on any atom is 0.242 e. The van der Waals surface area contributed by atoms with Gasteiger partial charge < -0.3 is 10.3 Å². The number of aromatic amines is 1. The van der Waals surface area contributed by atoms with Gasteiger partial charge in [-0.3, -0.25) is 0 Å². The maximum absolute atomic E-state index is 12.1. The van der Waals surface area contributed by atoms with Gasteiger partial charge in [0.2, 0.25) is 10.0 Å². The lowest BCUT2D eigenvalue weighted by Crippen LogP contribution is -2.22. The molecule has 0 bridgehead atoms. The Bertz CT molecular complexity index is 692. The summed E-state index contributed by atoms with van der Waals surface area (Å²) in [7, 11) is -0.375. The van der Waals surface area contributed by atoms with E-state index < -0.39 is 10.0 Å². The summed E-state index contributed by atoms with van der Waals surface area (Å²) in [5.74, 6) is 0. The number of imidazole rings is 1. The third-order valence-corrected chi connectivity index (χ3v) is 4.82. The van der Waals surface area contributed by atoms with Gasteiger partial charge in [-0.15, -0.1) is 0 Å². The number of benzene rings is 1. The zero-order chi connectivity index (χ0) is 14.8. The van der Waals surface area contributed by atoms with Gasteiger partial charge in [0.15, 0.2) is 0 Å². The summed E-state index contributed by atoms with van der Waals surface area (Å²) in [4.78, 5) is 7.46. The van der Waals surface area contributed by atoms with E-state index in [1.54, 1.807) is 24.5 Å². The van der Waals surface area contributed by atoms with E-state index in [-0.39, 0.29) is 4.90 Å². The summed E-state index contributed by atoms with van der Waals surface area (Å²) < 4.78 is 25.3. The molecule has 1 aromatic heterocycles. The van der Waals surface area contributed by atoms with Gasteiger partial charge in [0.05, 0.1) is 23.5 Å². The fraction of sp³-hybridized carbons (Fsp3) is 0.308. The average molecular weight is 294 g/mol. The molecule has 0 aliphatic rings. The van der Waals surface area contributed by atoms with E-state index in [1.165, 1.54) is 18.4 Å². The average Bonchev–Trinajstić information content (AvgIpc) is 2.82. The molecular weight excluding hydrogens is 276 g/mol. The van der Waals surface area contributed by atoms with Crippen molar-refractivity contribution in [2.75, 3.05) is 19.4 Å². The van der Waals surface area contributed by atoms with Crippen LogP contribution in [0.3, 0.4) is 0 Å². The van der Waals surface area contributed by atoms with Crippen LogP contribution in [-0.4, -0.2) is 36.8 Å². The quantitative estimate of drug-likeness (QED) is 0.877. The van der Waals surface area contributed by atoms with Gasteiger partial charge in [-0.2, -0.15) is 0 Å². The number of hydrogen-bond donors (Lipinski definition) is 2. The highest BCUT2D eigenvalue weighted by atomic mass is 32.2. The molecule has 20 heavy (non-hydrogen) atoms. The Kier molecular flexibility index (Phi) is 4.10. The van der Waals surface area contributed by atoms with E-state index in [4.69, 9.17) is 0 Å². The minimum absolute atomic E-state index is 0.270. The molecule has 0 amide bonds. The lowest BCUT2D eigenvalue weighted by Gasteiger charge is -2.13. The molecule has 0 fully saturated rings. The maximum atomic E-state index is 12.1. The number of sulfonamides is 1. The standard InChI is InChI=1S/C13H18N4O2S/c1-10-13(16-9-15-10)8-14-11-5-4-6-12(7-11)20(18,19)17(2)3/h4-7,9,14H,8H2,1-3H3,(H,15,16). The second kappa shape index (κ2) is 5.64. The second-order valence-corrected chi connectivity index (χ2v) is 6.79. The molecule has 1 heterocycles. The Balaban J connectivity index is 2.17. The van der Waals surface area contributed by atoms with Gasteiger partial charge in [-0.05, 0) is 25.1 Å². The summed E-state index contributed by atoms with van der Waals surface area (Å²) in [6.07, 6.45) is 1.64. The highest BCUT2D eigenvalue weighted by Crippen LogP contribution is 2.18. The van der Waals surface area contributed by atoms with Crippen LogP contribution in [-0.2, 0) is 16.6 Å². The van der Waals surface area contributed by atoms with Crippen LogP contribution in [0.15, 0.2) is 35.5 Å². The topological polar surface area (TPSA) is 78.1 Å².